The molecule has 0 atom stereocenters. The lowest BCUT2D eigenvalue weighted by atomic mass is 10.2. The maximum Gasteiger partial charge on any atom is 0.264 e. The molecule has 0 saturated carbocycles. The Morgan fingerprint density at radius 2 is 1.71 bits per heavy atom. The van der Waals surface area contributed by atoms with E-state index in [1.54, 1.807) is 11.8 Å². The summed E-state index contributed by atoms with van der Waals surface area (Å²) in [5, 5.41) is 3.17. The zero-order valence-corrected chi connectivity index (χ0v) is 23.9. The van der Waals surface area contributed by atoms with Gasteiger partial charge in [0.2, 0.25) is 5.91 Å². The fraction of sp³-hybridized carbons (Fsp3) is 0.269. The molecule has 0 fully saturated rings. The highest BCUT2D eigenvalue weighted by molar-refractivity contribution is 7.98. The van der Waals surface area contributed by atoms with E-state index in [1.165, 1.54) is 38.5 Å². The quantitative estimate of drug-likeness (QED) is 0.250. The first-order chi connectivity index (χ1) is 18.1. The number of rotatable bonds is 13. The summed E-state index contributed by atoms with van der Waals surface area (Å²) >= 11 is 13.5. The lowest BCUT2D eigenvalue weighted by molar-refractivity contribution is -0.119. The number of carbonyl (C=O) groups excluding carboxylic acids is 1. The van der Waals surface area contributed by atoms with Crippen molar-refractivity contribution in [3.8, 4) is 11.5 Å². The normalized spacial score (nSPS) is 11.2. The van der Waals surface area contributed by atoms with Gasteiger partial charge in [0.1, 0.15) is 12.4 Å². The van der Waals surface area contributed by atoms with Crippen molar-refractivity contribution in [1.29, 1.82) is 0 Å². The Morgan fingerprint density at radius 3 is 2.37 bits per heavy atom. The zero-order chi connectivity index (χ0) is 27.7. The van der Waals surface area contributed by atoms with Crippen LogP contribution in [0.15, 0.2) is 65.6 Å². The molecule has 0 aliphatic heterocycles. The monoisotopic (exact) mass is 600 g/mol. The van der Waals surface area contributed by atoms with Crippen molar-refractivity contribution < 1.29 is 27.1 Å². The first kappa shape index (κ1) is 29.9. The van der Waals surface area contributed by atoms with Gasteiger partial charge in [0.25, 0.3) is 10.0 Å². The van der Waals surface area contributed by atoms with Gasteiger partial charge in [-0.25, -0.2) is 12.8 Å². The minimum atomic E-state index is -4.27. The molecule has 1 amide bonds. The number of benzene rings is 3. The van der Waals surface area contributed by atoms with Gasteiger partial charge in [-0.05, 0) is 60.2 Å². The number of hydrogen-bond donors (Lipinski definition) is 1. The summed E-state index contributed by atoms with van der Waals surface area (Å²) in [6.07, 6.45) is 0.689. The minimum absolute atomic E-state index is 0.0415. The molecule has 38 heavy (non-hydrogen) atoms. The maximum absolute atomic E-state index is 13.8. The molecule has 0 unspecified atom stereocenters. The van der Waals surface area contributed by atoms with Crippen molar-refractivity contribution >= 4 is 56.6 Å². The number of thioether (sulfide) groups is 1. The van der Waals surface area contributed by atoms with Gasteiger partial charge < -0.3 is 14.8 Å². The Morgan fingerprint density at radius 1 is 1.00 bits per heavy atom. The fourth-order valence-corrected chi connectivity index (χ4v) is 6.07. The summed E-state index contributed by atoms with van der Waals surface area (Å²) in [6.45, 7) is -0.169. The highest BCUT2D eigenvalue weighted by Crippen LogP contribution is 2.33. The smallest absolute Gasteiger partial charge is 0.264 e. The van der Waals surface area contributed by atoms with Crippen LogP contribution in [-0.2, 0) is 20.6 Å². The summed E-state index contributed by atoms with van der Waals surface area (Å²) < 4.78 is 52.3. The summed E-state index contributed by atoms with van der Waals surface area (Å²) in [7, 11) is -1.46. The molecule has 204 valence electrons. The lowest BCUT2D eigenvalue weighted by Gasteiger charge is -2.24. The summed E-state index contributed by atoms with van der Waals surface area (Å²) in [5.41, 5.74) is 1.19. The largest absolute Gasteiger partial charge is 0.493 e. The third kappa shape index (κ3) is 7.92. The Kier molecular flexibility index (Phi) is 11.0. The van der Waals surface area contributed by atoms with E-state index < -0.39 is 28.3 Å². The molecule has 0 bridgehead atoms. The SMILES string of the molecule is COc1ccc(S(=O)(=O)N(CC(=O)NCCCSCc2ccc(Cl)cc2)c2ccc(F)c(Cl)c2)cc1OC. The van der Waals surface area contributed by atoms with Gasteiger partial charge in [-0.3, -0.25) is 9.10 Å². The second-order valence-corrected chi connectivity index (χ2v) is 11.8. The predicted molar refractivity (Wildman–Crippen MR) is 151 cm³/mol. The molecule has 3 aromatic rings. The van der Waals surface area contributed by atoms with Crippen LogP contribution in [0.2, 0.25) is 10.0 Å². The Labute approximate surface area is 236 Å². The number of anilines is 1. The molecule has 0 aliphatic rings. The topological polar surface area (TPSA) is 84.9 Å². The number of methoxy groups -OCH3 is 2. The van der Waals surface area contributed by atoms with Gasteiger partial charge in [0.15, 0.2) is 11.5 Å². The van der Waals surface area contributed by atoms with Gasteiger partial charge in [-0.2, -0.15) is 11.8 Å². The van der Waals surface area contributed by atoms with Crippen LogP contribution in [0.25, 0.3) is 0 Å². The second-order valence-electron chi connectivity index (χ2n) is 8.01. The first-order valence-electron chi connectivity index (χ1n) is 11.4. The summed E-state index contributed by atoms with van der Waals surface area (Å²) in [4.78, 5) is 12.6. The van der Waals surface area contributed by atoms with Crippen LogP contribution in [0.5, 0.6) is 11.5 Å². The molecular weight excluding hydrogens is 574 g/mol. The lowest BCUT2D eigenvalue weighted by Crippen LogP contribution is -2.41. The molecule has 7 nitrogen and oxygen atoms in total. The number of amides is 1. The number of nitrogens with one attached hydrogen (secondary N) is 1. The highest BCUT2D eigenvalue weighted by atomic mass is 35.5. The number of ether oxygens (including phenoxy) is 2. The van der Waals surface area contributed by atoms with Crippen molar-refractivity contribution in [3.63, 3.8) is 0 Å². The van der Waals surface area contributed by atoms with Gasteiger partial charge in [0, 0.05) is 23.4 Å². The first-order valence-corrected chi connectivity index (χ1v) is 14.8. The molecule has 0 radical (unpaired) electrons. The van der Waals surface area contributed by atoms with Crippen LogP contribution in [-0.4, -0.2) is 47.4 Å². The average Bonchev–Trinajstić information content (AvgIpc) is 2.91. The van der Waals surface area contributed by atoms with Crippen LogP contribution in [0.4, 0.5) is 10.1 Å². The molecule has 3 rings (SSSR count). The van der Waals surface area contributed by atoms with E-state index >= 15 is 0 Å². The van der Waals surface area contributed by atoms with E-state index in [9.17, 15) is 17.6 Å². The van der Waals surface area contributed by atoms with Crippen molar-refractivity contribution in [2.75, 3.05) is 37.4 Å². The van der Waals surface area contributed by atoms with Crippen LogP contribution < -0.4 is 19.1 Å². The van der Waals surface area contributed by atoms with Crippen LogP contribution in [0, 0.1) is 5.82 Å². The average molecular weight is 602 g/mol. The van der Waals surface area contributed by atoms with E-state index in [1.807, 2.05) is 24.3 Å². The zero-order valence-electron chi connectivity index (χ0n) is 20.7. The van der Waals surface area contributed by atoms with Gasteiger partial charge in [-0.15, -0.1) is 0 Å². The van der Waals surface area contributed by atoms with Crippen LogP contribution in [0.1, 0.15) is 12.0 Å². The van der Waals surface area contributed by atoms with Crippen LogP contribution >= 0.6 is 35.0 Å². The van der Waals surface area contributed by atoms with Crippen molar-refractivity contribution in [2.45, 2.75) is 17.1 Å². The van der Waals surface area contributed by atoms with Gasteiger partial charge >= 0.3 is 0 Å². The molecule has 12 heteroatoms. The molecule has 0 aliphatic carbocycles. The fourth-order valence-electron chi connectivity index (χ4n) is 3.42. The Bertz CT molecular complexity index is 1360. The molecule has 0 saturated heterocycles. The number of hydrogen-bond acceptors (Lipinski definition) is 6. The Hall–Kier alpha value is -2.66. The van der Waals surface area contributed by atoms with Crippen molar-refractivity contribution in [1.82, 2.24) is 5.32 Å². The molecule has 0 aromatic heterocycles. The van der Waals surface area contributed by atoms with Crippen molar-refractivity contribution in [2.24, 2.45) is 0 Å². The van der Waals surface area contributed by atoms with E-state index in [0.717, 1.165) is 33.5 Å². The van der Waals surface area contributed by atoms with E-state index in [2.05, 4.69) is 5.32 Å². The maximum atomic E-state index is 13.8. The molecule has 1 N–H and O–H groups in total. The van der Waals surface area contributed by atoms with Crippen LogP contribution in [0.3, 0.4) is 0 Å². The number of halogens is 3. The van der Waals surface area contributed by atoms with Crippen molar-refractivity contribution in [3.05, 3.63) is 82.1 Å². The minimum Gasteiger partial charge on any atom is -0.493 e. The second kappa shape index (κ2) is 13.9. The van der Waals surface area contributed by atoms with E-state index in [-0.39, 0.29) is 21.4 Å². The van der Waals surface area contributed by atoms with E-state index in [4.69, 9.17) is 32.7 Å². The molecule has 0 spiro atoms. The number of nitrogens with zero attached hydrogens (tertiary/aromatic N) is 1. The highest BCUT2D eigenvalue weighted by Gasteiger charge is 2.29. The molecule has 0 heterocycles. The van der Waals surface area contributed by atoms with E-state index in [0.29, 0.717) is 23.7 Å². The molecular formula is C26H27Cl2FN2O5S2. The summed E-state index contributed by atoms with van der Waals surface area (Å²) in [5.74, 6) is 0.926. The standard InChI is InChI=1S/C26H27Cl2FN2O5S2/c1-35-24-11-9-21(15-25(24)36-2)38(33,34)31(20-8-10-23(29)22(28)14-20)16-26(32)30-12-3-13-37-17-18-4-6-19(27)7-5-18/h4-11,14-15H,3,12-13,16-17H2,1-2H3,(H,30,32). The number of sulfonamides is 1. The summed E-state index contributed by atoms with van der Waals surface area (Å²) in [6, 6.07) is 15.1. The molecule has 3 aromatic carbocycles. The third-order valence-corrected chi connectivity index (χ3v) is 8.82. The third-order valence-electron chi connectivity index (χ3n) is 5.39. The Balaban J connectivity index is 1.68. The number of carbonyl (C=O) groups is 1. The predicted octanol–water partition coefficient (Wildman–Crippen LogP) is 5.78. The van der Waals surface area contributed by atoms with Gasteiger partial charge in [-0.1, -0.05) is 35.3 Å². The van der Waals surface area contributed by atoms with Gasteiger partial charge in [0.05, 0.1) is 29.8 Å².